The maximum atomic E-state index is 5.56. The first-order valence-corrected chi connectivity index (χ1v) is 8.57. The van der Waals surface area contributed by atoms with Gasteiger partial charge in [0, 0.05) is 13.2 Å². The summed E-state index contributed by atoms with van der Waals surface area (Å²) >= 11 is 0. The van der Waals surface area contributed by atoms with Crippen LogP contribution in [0, 0.1) is 0 Å². The summed E-state index contributed by atoms with van der Waals surface area (Å²) in [4.78, 5) is 0. The monoisotopic (exact) mass is 272 g/mol. The van der Waals surface area contributed by atoms with Crippen LogP contribution in [-0.2, 0) is 9.47 Å². The molecular weight excluding hydrogens is 236 g/mol. The molecule has 116 valence electrons. The van der Waals surface area contributed by atoms with Crippen molar-refractivity contribution in [1.29, 1.82) is 0 Å². The van der Waals surface area contributed by atoms with Crippen molar-refractivity contribution in [2.75, 3.05) is 26.4 Å². The molecule has 0 atom stereocenters. The third-order valence-corrected chi connectivity index (χ3v) is 3.41. The molecule has 0 saturated heterocycles. The highest BCUT2D eigenvalue weighted by Crippen LogP contribution is 2.06. The third kappa shape index (κ3) is 17.9. The van der Waals surface area contributed by atoms with E-state index in [0.717, 1.165) is 26.4 Å². The van der Waals surface area contributed by atoms with E-state index in [4.69, 9.17) is 9.47 Å². The smallest absolute Gasteiger partial charge is 0.0700 e. The minimum Gasteiger partial charge on any atom is -0.379 e. The molecule has 0 N–H and O–H groups in total. The Kier molecular flexibility index (Phi) is 17.8. The van der Waals surface area contributed by atoms with E-state index in [1.165, 1.54) is 70.6 Å². The second kappa shape index (κ2) is 17.9. The first-order chi connectivity index (χ1) is 9.41. The number of hydrogen-bond acceptors (Lipinski definition) is 2. The molecule has 0 radical (unpaired) electrons. The number of unbranched alkanes of at least 4 members (excludes halogenated alkanes) is 9. The summed E-state index contributed by atoms with van der Waals surface area (Å²) in [5, 5.41) is 0. The standard InChI is InChI=1S/C17H36O2/c1-3-5-7-9-10-11-13-15-19-17-16-18-14-12-8-6-4-2/h3-17H2,1-2H3. The molecule has 19 heavy (non-hydrogen) atoms. The van der Waals surface area contributed by atoms with Gasteiger partial charge in [0.15, 0.2) is 0 Å². The summed E-state index contributed by atoms with van der Waals surface area (Å²) in [5.41, 5.74) is 0. The van der Waals surface area contributed by atoms with Crippen LogP contribution in [0.5, 0.6) is 0 Å². The SMILES string of the molecule is CCCCCCCCCOCCOCCCCCC. The molecule has 0 aliphatic heterocycles. The first kappa shape index (κ1) is 18.9. The fraction of sp³-hybridized carbons (Fsp3) is 1.00. The van der Waals surface area contributed by atoms with Gasteiger partial charge in [-0.15, -0.1) is 0 Å². The zero-order valence-electron chi connectivity index (χ0n) is 13.4. The van der Waals surface area contributed by atoms with Gasteiger partial charge in [0.25, 0.3) is 0 Å². The normalized spacial score (nSPS) is 11.1. The minimum absolute atomic E-state index is 0.766. The Labute approximate surface area is 121 Å². The average molecular weight is 272 g/mol. The molecule has 0 unspecified atom stereocenters. The molecule has 0 heterocycles. The fourth-order valence-corrected chi connectivity index (χ4v) is 2.11. The summed E-state index contributed by atoms with van der Waals surface area (Å²) in [6, 6.07) is 0. The summed E-state index contributed by atoms with van der Waals surface area (Å²) in [7, 11) is 0. The van der Waals surface area contributed by atoms with Gasteiger partial charge in [0.05, 0.1) is 13.2 Å². The largest absolute Gasteiger partial charge is 0.379 e. The van der Waals surface area contributed by atoms with Crippen LogP contribution in [0.15, 0.2) is 0 Å². The second-order valence-corrected chi connectivity index (χ2v) is 5.41. The van der Waals surface area contributed by atoms with Gasteiger partial charge in [-0.2, -0.15) is 0 Å². The molecule has 0 saturated carbocycles. The van der Waals surface area contributed by atoms with Crippen molar-refractivity contribution < 1.29 is 9.47 Å². The van der Waals surface area contributed by atoms with E-state index in [-0.39, 0.29) is 0 Å². The highest BCUT2D eigenvalue weighted by Gasteiger charge is 1.93. The Morgan fingerprint density at radius 3 is 1.26 bits per heavy atom. The van der Waals surface area contributed by atoms with E-state index >= 15 is 0 Å². The summed E-state index contributed by atoms with van der Waals surface area (Å²) < 4.78 is 11.1. The van der Waals surface area contributed by atoms with Crippen molar-refractivity contribution in [1.82, 2.24) is 0 Å². The number of hydrogen-bond donors (Lipinski definition) is 0. The van der Waals surface area contributed by atoms with E-state index in [9.17, 15) is 0 Å². The van der Waals surface area contributed by atoms with Crippen molar-refractivity contribution in [3.8, 4) is 0 Å². The lowest BCUT2D eigenvalue weighted by Crippen LogP contribution is -2.06. The van der Waals surface area contributed by atoms with Crippen LogP contribution < -0.4 is 0 Å². The highest BCUT2D eigenvalue weighted by molar-refractivity contribution is 4.45. The lowest BCUT2D eigenvalue weighted by atomic mass is 10.1. The van der Waals surface area contributed by atoms with Gasteiger partial charge in [-0.1, -0.05) is 71.6 Å². The zero-order valence-corrected chi connectivity index (χ0v) is 13.4. The summed E-state index contributed by atoms with van der Waals surface area (Å²) in [5.74, 6) is 0. The molecule has 0 rings (SSSR count). The Bertz CT molecular complexity index is 132. The van der Waals surface area contributed by atoms with Crippen LogP contribution >= 0.6 is 0 Å². The fourth-order valence-electron chi connectivity index (χ4n) is 2.11. The molecule has 0 spiro atoms. The van der Waals surface area contributed by atoms with Gasteiger partial charge in [0.1, 0.15) is 0 Å². The molecule has 0 fully saturated rings. The van der Waals surface area contributed by atoms with E-state index in [1.807, 2.05) is 0 Å². The molecule has 0 aliphatic carbocycles. The van der Waals surface area contributed by atoms with Gasteiger partial charge >= 0.3 is 0 Å². The average Bonchev–Trinajstić information content (AvgIpc) is 2.43. The molecule has 2 heteroatoms. The van der Waals surface area contributed by atoms with Crippen LogP contribution in [0.2, 0.25) is 0 Å². The quantitative estimate of drug-likeness (QED) is 0.353. The maximum Gasteiger partial charge on any atom is 0.0700 e. The predicted octanol–water partition coefficient (Wildman–Crippen LogP) is 5.35. The van der Waals surface area contributed by atoms with E-state index in [2.05, 4.69) is 13.8 Å². The predicted molar refractivity (Wildman–Crippen MR) is 83.8 cm³/mol. The van der Waals surface area contributed by atoms with E-state index in [0.29, 0.717) is 0 Å². The van der Waals surface area contributed by atoms with Crippen molar-refractivity contribution in [3.05, 3.63) is 0 Å². The van der Waals surface area contributed by atoms with E-state index < -0.39 is 0 Å². The molecule has 0 aliphatic rings. The second-order valence-electron chi connectivity index (χ2n) is 5.41. The zero-order chi connectivity index (χ0) is 14.0. The summed E-state index contributed by atoms with van der Waals surface area (Å²) in [6.45, 7) is 7.85. The maximum absolute atomic E-state index is 5.56. The van der Waals surface area contributed by atoms with Crippen LogP contribution in [0.4, 0.5) is 0 Å². The van der Waals surface area contributed by atoms with Gasteiger partial charge in [-0.05, 0) is 12.8 Å². The Morgan fingerprint density at radius 2 is 0.789 bits per heavy atom. The highest BCUT2D eigenvalue weighted by atomic mass is 16.5. The van der Waals surface area contributed by atoms with Crippen molar-refractivity contribution >= 4 is 0 Å². The Balaban J connectivity index is 2.88. The lowest BCUT2D eigenvalue weighted by Gasteiger charge is -2.06. The minimum atomic E-state index is 0.766. The molecule has 0 aromatic heterocycles. The Hall–Kier alpha value is -0.0800. The van der Waals surface area contributed by atoms with Crippen molar-refractivity contribution in [2.24, 2.45) is 0 Å². The van der Waals surface area contributed by atoms with E-state index in [1.54, 1.807) is 0 Å². The lowest BCUT2D eigenvalue weighted by molar-refractivity contribution is 0.0449. The molecule has 0 bridgehead atoms. The van der Waals surface area contributed by atoms with Gasteiger partial charge in [0.2, 0.25) is 0 Å². The Morgan fingerprint density at radius 1 is 0.421 bits per heavy atom. The third-order valence-electron chi connectivity index (χ3n) is 3.41. The molecule has 0 aromatic carbocycles. The van der Waals surface area contributed by atoms with Gasteiger partial charge < -0.3 is 9.47 Å². The van der Waals surface area contributed by atoms with Crippen LogP contribution in [0.1, 0.15) is 84.5 Å². The van der Waals surface area contributed by atoms with Crippen molar-refractivity contribution in [2.45, 2.75) is 84.5 Å². The topological polar surface area (TPSA) is 18.5 Å². The van der Waals surface area contributed by atoms with Crippen LogP contribution in [0.3, 0.4) is 0 Å². The molecular formula is C17H36O2. The number of ether oxygens (including phenoxy) is 2. The van der Waals surface area contributed by atoms with Crippen molar-refractivity contribution in [3.63, 3.8) is 0 Å². The summed E-state index contributed by atoms with van der Waals surface area (Å²) in [6.07, 6.45) is 14.6. The number of rotatable bonds is 16. The van der Waals surface area contributed by atoms with Gasteiger partial charge in [-0.3, -0.25) is 0 Å². The molecule has 2 nitrogen and oxygen atoms in total. The molecule has 0 amide bonds. The van der Waals surface area contributed by atoms with Crippen LogP contribution in [-0.4, -0.2) is 26.4 Å². The first-order valence-electron chi connectivity index (χ1n) is 8.57. The van der Waals surface area contributed by atoms with Gasteiger partial charge in [-0.25, -0.2) is 0 Å². The van der Waals surface area contributed by atoms with Crippen LogP contribution in [0.25, 0.3) is 0 Å². The molecule has 0 aromatic rings.